The van der Waals surface area contributed by atoms with Crippen LogP contribution in [0.1, 0.15) is 76.7 Å². The van der Waals surface area contributed by atoms with Gasteiger partial charge in [0.15, 0.2) is 0 Å². The molecule has 0 saturated carbocycles. The molecule has 0 unspecified atom stereocenters. The maximum atomic E-state index is 2.30. The third-order valence-electron chi connectivity index (χ3n) is 4.90. The van der Waals surface area contributed by atoms with Gasteiger partial charge in [-0.1, -0.05) is 119 Å². The van der Waals surface area contributed by atoms with Crippen LogP contribution in [0.25, 0.3) is 11.1 Å². The minimum absolute atomic E-state index is 0. The summed E-state index contributed by atoms with van der Waals surface area (Å²) >= 11 is 0. The summed E-state index contributed by atoms with van der Waals surface area (Å²) in [5.74, 6) is 0. The van der Waals surface area contributed by atoms with Gasteiger partial charge < -0.3 is 0 Å². The van der Waals surface area contributed by atoms with E-state index in [0.717, 1.165) is 0 Å². The van der Waals surface area contributed by atoms with E-state index in [0.29, 0.717) is 0 Å². The molecule has 0 aliphatic heterocycles. The molecule has 132 valence electrons. The molecule has 0 spiro atoms. The van der Waals surface area contributed by atoms with Gasteiger partial charge in [0, 0.05) is 59.1 Å². The Kier molecular flexibility index (Phi) is 17.8. The van der Waals surface area contributed by atoms with Crippen molar-refractivity contribution in [2.24, 2.45) is 0 Å². The van der Waals surface area contributed by atoms with Crippen LogP contribution in [0.4, 0.5) is 0 Å². The van der Waals surface area contributed by atoms with Crippen molar-refractivity contribution in [3.8, 4) is 11.1 Å². The Morgan fingerprint density at radius 2 is 1.04 bits per heavy atom. The standard InChI is InChI=1S/C24H34.2Na/c1-2-3-4-5-6-7-8-9-10-12-17-23-20-15-16-21-24(23)22-18-13-11-14-19-22;;/h11,13-16,18-21H,2-10,12,17H2,1H3;;. The van der Waals surface area contributed by atoms with Gasteiger partial charge in [0.2, 0.25) is 0 Å². The smallest absolute Gasteiger partial charge is 0 e. The fourth-order valence-electron chi connectivity index (χ4n) is 3.44. The quantitative estimate of drug-likeness (QED) is 0.278. The Morgan fingerprint density at radius 1 is 0.538 bits per heavy atom. The van der Waals surface area contributed by atoms with Crippen molar-refractivity contribution < 1.29 is 0 Å². The van der Waals surface area contributed by atoms with Crippen molar-refractivity contribution in [3.63, 3.8) is 0 Å². The molecule has 0 nitrogen and oxygen atoms in total. The molecule has 0 aliphatic carbocycles. The molecule has 2 radical (unpaired) electrons. The van der Waals surface area contributed by atoms with Crippen molar-refractivity contribution >= 4 is 59.1 Å². The van der Waals surface area contributed by atoms with Crippen LogP contribution < -0.4 is 0 Å². The summed E-state index contributed by atoms with van der Waals surface area (Å²) in [6.45, 7) is 2.29. The molecule has 0 saturated heterocycles. The molecule has 0 aromatic heterocycles. The van der Waals surface area contributed by atoms with Crippen LogP contribution in [0, 0.1) is 0 Å². The third-order valence-corrected chi connectivity index (χ3v) is 4.90. The predicted molar refractivity (Wildman–Crippen MR) is 119 cm³/mol. The fourth-order valence-corrected chi connectivity index (χ4v) is 3.44. The number of unbranched alkanes of at least 4 members (excludes halogenated alkanes) is 9. The third kappa shape index (κ3) is 10.7. The van der Waals surface area contributed by atoms with E-state index in [2.05, 4.69) is 61.5 Å². The summed E-state index contributed by atoms with van der Waals surface area (Å²) in [6.07, 6.45) is 15.3. The van der Waals surface area contributed by atoms with Gasteiger partial charge in [-0.2, -0.15) is 0 Å². The number of benzene rings is 2. The molecule has 2 aromatic carbocycles. The Balaban J connectivity index is 0.00000312. The zero-order valence-electron chi connectivity index (χ0n) is 17.5. The van der Waals surface area contributed by atoms with Gasteiger partial charge in [-0.25, -0.2) is 0 Å². The number of rotatable bonds is 12. The minimum atomic E-state index is 0. The van der Waals surface area contributed by atoms with E-state index in [9.17, 15) is 0 Å². The van der Waals surface area contributed by atoms with Gasteiger partial charge >= 0.3 is 0 Å². The van der Waals surface area contributed by atoms with Crippen LogP contribution in [0.15, 0.2) is 54.6 Å². The number of hydrogen-bond donors (Lipinski definition) is 0. The van der Waals surface area contributed by atoms with Crippen molar-refractivity contribution in [2.45, 2.75) is 77.6 Å². The first-order valence-electron chi connectivity index (χ1n) is 10.0. The maximum absolute atomic E-state index is 2.30. The largest absolute Gasteiger partial charge is 0.0654 e. The van der Waals surface area contributed by atoms with E-state index in [4.69, 9.17) is 0 Å². The summed E-state index contributed by atoms with van der Waals surface area (Å²) in [5.41, 5.74) is 4.26. The Labute approximate surface area is 206 Å². The van der Waals surface area contributed by atoms with Gasteiger partial charge in [0.25, 0.3) is 0 Å². The second kappa shape index (κ2) is 17.5. The summed E-state index contributed by atoms with van der Waals surface area (Å²) < 4.78 is 0. The van der Waals surface area contributed by atoms with Crippen LogP contribution in [0.3, 0.4) is 0 Å². The predicted octanol–water partition coefficient (Wildman–Crippen LogP) is 7.06. The van der Waals surface area contributed by atoms with E-state index in [1.165, 1.54) is 87.3 Å². The molecule has 0 heterocycles. The second-order valence-electron chi connectivity index (χ2n) is 6.96. The van der Waals surface area contributed by atoms with Crippen LogP contribution in [0.2, 0.25) is 0 Å². The molecule has 0 N–H and O–H groups in total. The first-order valence-corrected chi connectivity index (χ1v) is 10.0. The summed E-state index contributed by atoms with van der Waals surface area (Å²) in [4.78, 5) is 0. The van der Waals surface area contributed by atoms with Gasteiger partial charge in [-0.05, 0) is 29.5 Å². The monoisotopic (exact) mass is 368 g/mol. The average Bonchev–Trinajstić information content (AvgIpc) is 2.64. The van der Waals surface area contributed by atoms with Gasteiger partial charge in [0.1, 0.15) is 0 Å². The van der Waals surface area contributed by atoms with E-state index in [1.807, 2.05) is 0 Å². The van der Waals surface area contributed by atoms with Crippen molar-refractivity contribution in [2.75, 3.05) is 0 Å². The van der Waals surface area contributed by atoms with Gasteiger partial charge in [-0.3, -0.25) is 0 Å². The first kappa shape index (κ1) is 26.4. The maximum Gasteiger partial charge on any atom is 0 e. The molecule has 0 amide bonds. The van der Waals surface area contributed by atoms with Crippen LogP contribution in [0.5, 0.6) is 0 Å². The van der Waals surface area contributed by atoms with Crippen LogP contribution in [-0.4, -0.2) is 59.1 Å². The van der Waals surface area contributed by atoms with Gasteiger partial charge in [0.05, 0.1) is 0 Å². The molecule has 26 heavy (non-hydrogen) atoms. The van der Waals surface area contributed by atoms with Crippen molar-refractivity contribution in [1.29, 1.82) is 0 Å². The zero-order valence-corrected chi connectivity index (χ0v) is 21.5. The van der Waals surface area contributed by atoms with Crippen LogP contribution in [-0.2, 0) is 6.42 Å². The average molecular weight is 369 g/mol. The van der Waals surface area contributed by atoms with Crippen molar-refractivity contribution in [1.82, 2.24) is 0 Å². The Bertz CT molecular complexity index is 551. The fraction of sp³-hybridized carbons (Fsp3) is 0.500. The molecule has 2 aromatic rings. The normalized spacial score (nSPS) is 10.0. The zero-order chi connectivity index (χ0) is 16.9. The number of aryl methyl sites for hydroxylation is 1. The van der Waals surface area contributed by atoms with E-state index < -0.39 is 0 Å². The van der Waals surface area contributed by atoms with E-state index in [1.54, 1.807) is 0 Å². The Hall–Kier alpha value is 0.440. The second-order valence-corrected chi connectivity index (χ2v) is 6.96. The summed E-state index contributed by atoms with van der Waals surface area (Å²) in [7, 11) is 0. The topological polar surface area (TPSA) is 0 Å². The molecule has 0 fully saturated rings. The minimum Gasteiger partial charge on any atom is -0.0654 e. The van der Waals surface area contributed by atoms with E-state index in [-0.39, 0.29) is 59.1 Å². The van der Waals surface area contributed by atoms with Crippen LogP contribution >= 0.6 is 0 Å². The van der Waals surface area contributed by atoms with Gasteiger partial charge in [-0.15, -0.1) is 0 Å². The first-order chi connectivity index (χ1) is 11.9. The molecule has 2 rings (SSSR count). The SMILES string of the molecule is CCCCCCCCCCCCc1ccccc1-c1ccccc1.[Na].[Na]. The number of hydrogen-bond acceptors (Lipinski definition) is 0. The molecule has 2 heteroatoms. The molecule has 0 bridgehead atoms. The summed E-state index contributed by atoms with van der Waals surface area (Å²) in [6, 6.07) is 19.7. The molecular formula is C24H34Na2. The molecular weight excluding hydrogens is 334 g/mol. The Morgan fingerprint density at radius 3 is 1.65 bits per heavy atom. The summed E-state index contributed by atoms with van der Waals surface area (Å²) in [5, 5.41) is 0. The van der Waals surface area contributed by atoms with Crippen molar-refractivity contribution in [3.05, 3.63) is 60.2 Å². The molecule has 0 aliphatic rings. The molecule has 0 atom stereocenters. The van der Waals surface area contributed by atoms with E-state index >= 15 is 0 Å².